The zero-order valence-corrected chi connectivity index (χ0v) is 15.9. The number of benzene rings is 2. The molecule has 3 aromatic rings. The first-order chi connectivity index (χ1) is 13.0. The molecule has 0 bridgehead atoms. The minimum absolute atomic E-state index is 0.159. The van der Waals surface area contributed by atoms with Gasteiger partial charge in [0.1, 0.15) is 5.01 Å². The third kappa shape index (κ3) is 5.15. The average molecular weight is 380 g/mol. The molecule has 0 aliphatic rings. The molecule has 0 spiro atoms. The molecular formula is C20H20N4O2S. The Morgan fingerprint density at radius 2 is 1.78 bits per heavy atom. The fraction of sp³-hybridized carbons (Fsp3) is 0.150. The van der Waals surface area contributed by atoms with Crippen LogP contribution in [-0.4, -0.2) is 24.0 Å². The highest BCUT2D eigenvalue weighted by Gasteiger charge is 2.10. The topological polar surface area (TPSA) is 83.1 Å². The van der Waals surface area contributed by atoms with Crippen LogP contribution in [0.4, 0.5) is 16.2 Å². The van der Waals surface area contributed by atoms with Crippen LogP contribution in [0, 0.1) is 6.92 Å². The van der Waals surface area contributed by atoms with Crippen molar-refractivity contribution < 1.29 is 9.59 Å². The quantitative estimate of drug-likeness (QED) is 0.624. The van der Waals surface area contributed by atoms with Crippen LogP contribution in [-0.2, 0) is 11.2 Å². The summed E-state index contributed by atoms with van der Waals surface area (Å²) in [6.45, 7) is 2.04. The molecule has 1 heterocycles. The summed E-state index contributed by atoms with van der Waals surface area (Å²) in [7, 11) is 1.54. The van der Waals surface area contributed by atoms with E-state index in [1.807, 2.05) is 30.5 Å². The molecule has 138 valence electrons. The van der Waals surface area contributed by atoms with Gasteiger partial charge in [0.05, 0.1) is 12.1 Å². The van der Waals surface area contributed by atoms with Gasteiger partial charge in [0, 0.05) is 29.4 Å². The summed E-state index contributed by atoms with van der Waals surface area (Å²) in [4.78, 5) is 28.3. The largest absolute Gasteiger partial charge is 0.341 e. The van der Waals surface area contributed by atoms with Crippen molar-refractivity contribution in [2.45, 2.75) is 13.3 Å². The van der Waals surface area contributed by atoms with Gasteiger partial charge in [-0.1, -0.05) is 29.8 Å². The lowest BCUT2D eigenvalue weighted by atomic mass is 10.1. The maximum atomic E-state index is 12.3. The van der Waals surface area contributed by atoms with Crippen LogP contribution in [0.5, 0.6) is 0 Å². The summed E-state index contributed by atoms with van der Waals surface area (Å²) in [5.74, 6) is -0.159. The second-order valence-corrected chi connectivity index (χ2v) is 6.88. The van der Waals surface area contributed by atoms with E-state index in [2.05, 4.69) is 27.0 Å². The molecule has 6 nitrogen and oxygen atoms in total. The minimum atomic E-state index is -0.315. The van der Waals surface area contributed by atoms with Crippen molar-refractivity contribution in [2.75, 3.05) is 17.7 Å². The number of aryl methyl sites for hydroxylation is 1. The van der Waals surface area contributed by atoms with E-state index in [1.165, 1.54) is 16.9 Å². The molecule has 3 rings (SSSR count). The smallest absolute Gasteiger partial charge is 0.318 e. The molecule has 3 amide bonds. The number of nitrogens with zero attached hydrogens (tertiary/aromatic N) is 1. The zero-order valence-electron chi connectivity index (χ0n) is 15.1. The lowest BCUT2D eigenvalue weighted by Crippen LogP contribution is -2.24. The van der Waals surface area contributed by atoms with Crippen molar-refractivity contribution in [3.8, 4) is 10.6 Å². The van der Waals surface area contributed by atoms with Crippen molar-refractivity contribution in [1.82, 2.24) is 10.3 Å². The number of carbonyl (C=O) groups excluding carboxylic acids is 2. The van der Waals surface area contributed by atoms with Crippen LogP contribution in [0.25, 0.3) is 10.6 Å². The van der Waals surface area contributed by atoms with Gasteiger partial charge < -0.3 is 16.0 Å². The first-order valence-electron chi connectivity index (χ1n) is 8.43. The highest BCUT2D eigenvalue weighted by molar-refractivity contribution is 7.13. The predicted octanol–water partition coefficient (Wildman–Crippen LogP) is 4.05. The van der Waals surface area contributed by atoms with Crippen molar-refractivity contribution in [2.24, 2.45) is 0 Å². The Balaban J connectivity index is 1.63. The molecule has 1 aromatic heterocycles. The number of rotatable bonds is 5. The third-order valence-corrected chi connectivity index (χ3v) is 4.73. The van der Waals surface area contributed by atoms with E-state index in [-0.39, 0.29) is 18.4 Å². The van der Waals surface area contributed by atoms with Gasteiger partial charge in [-0.3, -0.25) is 4.79 Å². The molecule has 3 N–H and O–H groups in total. The van der Waals surface area contributed by atoms with E-state index < -0.39 is 0 Å². The Hall–Kier alpha value is -3.19. The van der Waals surface area contributed by atoms with Gasteiger partial charge >= 0.3 is 6.03 Å². The van der Waals surface area contributed by atoms with E-state index in [4.69, 9.17) is 0 Å². The second kappa shape index (κ2) is 8.46. The maximum Gasteiger partial charge on any atom is 0.318 e. The zero-order chi connectivity index (χ0) is 19.2. The molecular weight excluding hydrogens is 360 g/mol. The van der Waals surface area contributed by atoms with Crippen molar-refractivity contribution in [3.63, 3.8) is 0 Å². The van der Waals surface area contributed by atoms with E-state index in [0.29, 0.717) is 11.4 Å². The summed E-state index contributed by atoms with van der Waals surface area (Å²) in [5, 5.41) is 10.8. The van der Waals surface area contributed by atoms with E-state index in [9.17, 15) is 9.59 Å². The Morgan fingerprint density at radius 1 is 1.04 bits per heavy atom. The van der Waals surface area contributed by atoms with Gasteiger partial charge in [0.25, 0.3) is 0 Å². The Kier molecular flexibility index (Phi) is 5.83. The number of thiazole rings is 1. The van der Waals surface area contributed by atoms with Crippen LogP contribution in [0.3, 0.4) is 0 Å². The lowest BCUT2D eigenvalue weighted by molar-refractivity contribution is -0.115. The molecule has 0 unspecified atom stereocenters. The maximum absolute atomic E-state index is 12.3. The molecule has 0 aliphatic carbocycles. The normalized spacial score (nSPS) is 10.3. The highest BCUT2D eigenvalue weighted by Crippen LogP contribution is 2.25. The van der Waals surface area contributed by atoms with Crippen molar-refractivity contribution in [3.05, 3.63) is 65.2 Å². The molecule has 0 fully saturated rings. The van der Waals surface area contributed by atoms with Crippen molar-refractivity contribution >= 4 is 34.6 Å². The summed E-state index contributed by atoms with van der Waals surface area (Å²) in [6, 6.07) is 14.8. The first kappa shape index (κ1) is 18.6. The highest BCUT2D eigenvalue weighted by atomic mass is 32.1. The summed E-state index contributed by atoms with van der Waals surface area (Å²) < 4.78 is 0. The molecule has 0 radical (unpaired) electrons. The molecule has 0 saturated heterocycles. The molecule has 0 saturated carbocycles. The molecule has 0 aliphatic heterocycles. The molecule has 0 atom stereocenters. The number of nitrogens with one attached hydrogen (secondary N) is 3. The summed E-state index contributed by atoms with van der Waals surface area (Å²) >= 11 is 1.53. The average Bonchev–Trinajstić information content (AvgIpc) is 3.10. The summed E-state index contributed by atoms with van der Waals surface area (Å²) in [5.41, 5.74) is 4.17. The number of urea groups is 1. The fourth-order valence-corrected chi connectivity index (χ4v) is 3.35. The van der Waals surface area contributed by atoms with Crippen LogP contribution in [0.15, 0.2) is 53.9 Å². The van der Waals surface area contributed by atoms with Crippen LogP contribution >= 0.6 is 11.3 Å². The van der Waals surface area contributed by atoms with Gasteiger partial charge in [0.15, 0.2) is 0 Å². The Morgan fingerprint density at radius 3 is 2.52 bits per heavy atom. The van der Waals surface area contributed by atoms with E-state index in [1.54, 1.807) is 31.3 Å². The van der Waals surface area contributed by atoms with E-state index in [0.717, 1.165) is 16.3 Å². The standard InChI is InChI=1S/C20H20N4O2S/c1-13-5-3-6-14(9-13)19-23-17(12-27-19)11-18(25)22-15-7-4-8-16(10-15)24-20(26)21-2/h3-10,12H,11H2,1-2H3,(H,22,25)(H2,21,24,26). The minimum Gasteiger partial charge on any atom is -0.341 e. The second-order valence-electron chi connectivity index (χ2n) is 6.02. The van der Waals surface area contributed by atoms with Gasteiger partial charge in [-0.05, 0) is 31.2 Å². The van der Waals surface area contributed by atoms with Crippen LogP contribution in [0.2, 0.25) is 0 Å². The number of aromatic nitrogens is 1. The Labute approximate surface area is 161 Å². The van der Waals surface area contributed by atoms with E-state index >= 15 is 0 Å². The predicted molar refractivity (Wildman–Crippen MR) is 109 cm³/mol. The number of carbonyl (C=O) groups is 2. The van der Waals surface area contributed by atoms with Crippen molar-refractivity contribution in [1.29, 1.82) is 0 Å². The van der Waals surface area contributed by atoms with Crippen LogP contribution in [0.1, 0.15) is 11.3 Å². The van der Waals surface area contributed by atoms with Gasteiger partial charge in [-0.25, -0.2) is 9.78 Å². The first-order valence-corrected chi connectivity index (χ1v) is 9.31. The number of hydrogen-bond donors (Lipinski definition) is 3. The molecule has 7 heteroatoms. The number of hydrogen-bond acceptors (Lipinski definition) is 4. The third-order valence-electron chi connectivity index (χ3n) is 3.79. The van der Waals surface area contributed by atoms with Gasteiger partial charge in [-0.15, -0.1) is 11.3 Å². The van der Waals surface area contributed by atoms with Gasteiger partial charge in [0.2, 0.25) is 5.91 Å². The number of amides is 3. The Bertz CT molecular complexity index is 968. The van der Waals surface area contributed by atoms with Crippen LogP contribution < -0.4 is 16.0 Å². The molecule has 27 heavy (non-hydrogen) atoms. The van der Waals surface area contributed by atoms with Gasteiger partial charge in [-0.2, -0.15) is 0 Å². The fourth-order valence-electron chi connectivity index (χ4n) is 2.54. The monoisotopic (exact) mass is 380 g/mol. The SMILES string of the molecule is CNC(=O)Nc1cccc(NC(=O)Cc2csc(-c3cccc(C)c3)n2)c1. The molecule has 2 aromatic carbocycles. The number of anilines is 2. The lowest BCUT2D eigenvalue weighted by Gasteiger charge is -2.08. The summed E-state index contributed by atoms with van der Waals surface area (Å²) in [6.07, 6.45) is 0.190.